The van der Waals surface area contributed by atoms with E-state index in [-0.39, 0.29) is 5.97 Å². The van der Waals surface area contributed by atoms with Gasteiger partial charge in [0.15, 0.2) is 0 Å². The smallest absolute Gasteiger partial charge is 0.340 e. The zero-order valence-corrected chi connectivity index (χ0v) is 10.1. The Labute approximate surface area is 105 Å². The second kappa shape index (κ2) is 5.31. The molecular formula is C14H14N2O2. The highest BCUT2D eigenvalue weighted by atomic mass is 16.5. The van der Waals surface area contributed by atoms with E-state index in [4.69, 9.17) is 10.5 Å². The third-order valence-corrected chi connectivity index (χ3v) is 2.46. The zero-order chi connectivity index (χ0) is 13.0. The van der Waals surface area contributed by atoms with E-state index < -0.39 is 0 Å². The molecule has 1 aromatic carbocycles. The topological polar surface area (TPSA) is 65.2 Å². The maximum Gasteiger partial charge on any atom is 0.340 e. The summed E-state index contributed by atoms with van der Waals surface area (Å²) in [5.41, 5.74) is 7.49. The number of anilines is 1. The predicted molar refractivity (Wildman–Crippen MR) is 70.0 cm³/mol. The summed E-state index contributed by atoms with van der Waals surface area (Å²) in [6, 6.07) is 12.7. The van der Waals surface area contributed by atoms with Crippen LogP contribution in [0.1, 0.15) is 17.3 Å². The third-order valence-electron chi connectivity index (χ3n) is 2.46. The first kappa shape index (κ1) is 12.1. The highest BCUT2D eigenvalue weighted by Gasteiger charge is 2.15. The molecule has 0 saturated heterocycles. The van der Waals surface area contributed by atoms with E-state index in [1.807, 2.05) is 30.3 Å². The molecule has 0 spiro atoms. The van der Waals surface area contributed by atoms with Crippen LogP contribution in [-0.4, -0.2) is 17.6 Å². The van der Waals surface area contributed by atoms with Crippen molar-refractivity contribution >= 4 is 11.8 Å². The van der Waals surface area contributed by atoms with E-state index in [0.29, 0.717) is 23.7 Å². The molecule has 0 bridgehead atoms. The van der Waals surface area contributed by atoms with E-state index in [2.05, 4.69) is 4.98 Å². The van der Waals surface area contributed by atoms with Crippen LogP contribution in [0.2, 0.25) is 0 Å². The van der Waals surface area contributed by atoms with E-state index in [0.717, 1.165) is 5.56 Å². The van der Waals surface area contributed by atoms with Gasteiger partial charge in [-0.2, -0.15) is 0 Å². The number of esters is 1. The molecule has 0 radical (unpaired) electrons. The maximum atomic E-state index is 11.8. The number of pyridine rings is 1. The van der Waals surface area contributed by atoms with Crippen molar-refractivity contribution in [3.05, 3.63) is 48.0 Å². The first-order valence-electron chi connectivity index (χ1n) is 5.71. The van der Waals surface area contributed by atoms with Crippen molar-refractivity contribution in [1.29, 1.82) is 0 Å². The summed E-state index contributed by atoms with van der Waals surface area (Å²) < 4.78 is 5.01. The summed E-state index contributed by atoms with van der Waals surface area (Å²) in [5, 5.41) is 0. The molecule has 0 unspecified atom stereocenters. The summed E-state index contributed by atoms with van der Waals surface area (Å²) in [6.07, 6.45) is 0. The van der Waals surface area contributed by atoms with E-state index in [1.165, 1.54) is 0 Å². The molecule has 0 aliphatic heterocycles. The molecule has 2 rings (SSSR count). The van der Waals surface area contributed by atoms with Crippen molar-refractivity contribution in [3.8, 4) is 11.3 Å². The molecule has 18 heavy (non-hydrogen) atoms. The highest BCUT2D eigenvalue weighted by molar-refractivity contribution is 5.96. The summed E-state index contributed by atoms with van der Waals surface area (Å²) >= 11 is 0. The number of nitrogen functional groups attached to an aromatic ring is 1. The Morgan fingerprint density at radius 1 is 1.22 bits per heavy atom. The number of aromatic nitrogens is 1. The van der Waals surface area contributed by atoms with Gasteiger partial charge in [-0.1, -0.05) is 30.3 Å². The van der Waals surface area contributed by atoms with Crippen LogP contribution in [0.4, 0.5) is 5.82 Å². The van der Waals surface area contributed by atoms with Gasteiger partial charge in [0.1, 0.15) is 5.82 Å². The molecule has 1 heterocycles. The zero-order valence-electron chi connectivity index (χ0n) is 10.1. The normalized spacial score (nSPS) is 10.1. The summed E-state index contributed by atoms with van der Waals surface area (Å²) in [5.74, 6) is -0.00856. The monoisotopic (exact) mass is 242 g/mol. The quantitative estimate of drug-likeness (QED) is 0.840. The largest absolute Gasteiger partial charge is 0.462 e. The number of benzene rings is 1. The fraction of sp³-hybridized carbons (Fsp3) is 0.143. The number of nitrogens with zero attached hydrogens (tertiary/aromatic N) is 1. The van der Waals surface area contributed by atoms with Crippen molar-refractivity contribution in [2.45, 2.75) is 6.92 Å². The molecule has 0 aliphatic rings. The van der Waals surface area contributed by atoms with Gasteiger partial charge < -0.3 is 10.5 Å². The van der Waals surface area contributed by atoms with Crippen LogP contribution >= 0.6 is 0 Å². The lowest BCUT2D eigenvalue weighted by Crippen LogP contribution is -2.08. The molecule has 2 aromatic rings. The lowest BCUT2D eigenvalue weighted by atomic mass is 10.1. The summed E-state index contributed by atoms with van der Waals surface area (Å²) in [6.45, 7) is 2.10. The number of hydrogen-bond acceptors (Lipinski definition) is 4. The molecule has 1 aromatic heterocycles. The van der Waals surface area contributed by atoms with Crippen molar-refractivity contribution in [2.24, 2.45) is 0 Å². The Kier molecular flexibility index (Phi) is 3.57. The van der Waals surface area contributed by atoms with Gasteiger partial charge in [0.25, 0.3) is 0 Å². The van der Waals surface area contributed by atoms with Crippen LogP contribution in [0.15, 0.2) is 42.5 Å². The van der Waals surface area contributed by atoms with Crippen molar-refractivity contribution < 1.29 is 9.53 Å². The van der Waals surface area contributed by atoms with Gasteiger partial charge in [-0.25, -0.2) is 9.78 Å². The van der Waals surface area contributed by atoms with Gasteiger partial charge in [-0.3, -0.25) is 0 Å². The molecule has 0 amide bonds. The number of rotatable bonds is 3. The Balaban J connectivity index is 2.51. The fourth-order valence-corrected chi connectivity index (χ4v) is 1.66. The SMILES string of the molecule is CCOC(=O)c1ccc(N)nc1-c1ccccc1. The predicted octanol–water partition coefficient (Wildman–Crippen LogP) is 2.51. The lowest BCUT2D eigenvalue weighted by molar-refractivity contribution is 0.0527. The van der Waals surface area contributed by atoms with Crippen molar-refractivity contribution in [1.82, 2.24) is 4.98 Å². The van der Waals surface area contributed by atoms with Gasteiger partial charge in [0, 0.05) is 5.56 Å². The Morgan fingerprint density at radius 2 is 1.94 bits per heavy atom. The number of carbonyl (C=O) groups is 1. The van der Waals surface area contributed by atoms with Crippen LogP contribution in [0, 0.1) is 0 Å². The van der Waals surface area contributed by atoms with E-state index in [9.17, 15) is 4.79 Å². The molecule has 0 atom stereocenters. The standard InChI is InChI=1S/C14H14N2O2/c1-2-18-14(17)11-8-9-12(15)16-13(11)10-6-4-3-5-7-10/h3-9H,2H2,1H3,(H2,15,16). The van der Waals surface area contributed by atoms with Crippen LogP contribution in [0.3, 0.4) is 0 Å². The molecule has 2 N–H and O–H groups in total. The highest BCUT2D eigenvalue weighted by Crippen LogP contribution is 2.23. The first-order valence-corrected chi connectivity index (χ1v) is 5.71. The molecular weight excluding hydrogens is 228 g/mol. The minimum Gasteiger partial charge on any atom is -0.462 e. The van der Waals surface area contributed by atoms with Gasteiger partial charge in [-0.05, 0) is 19.1 Å². The number of ether oxygens (including phenoxy) is 1. The van der Waals surface area contributed by atoms with Gasteiger partial charge >= 0.3 is 5.97 Å². The lowest BCUT2D eigenvalue weighted by Gasteiger charge is -2.08. The average Bonchev–Trinajstić information content (AvgIpc) is 2.40. The van der Waals surface area contributed by atoms with Gasteiger partial charge in [0.05, 0.1) is 17.9 Å². The Bertz CT molecular complexity index is 553. The maximum absolute atomic E-state index is 11.8. The number of carbonyl (C=O) groups excluding carboxylic acids is 1. The second-order valence-electron chi connectivity index (χ2n) is 3.72. The number of hydrogen-bond donors (Lipinski definition) is 1. The first-order chi connectivity index (χ1) is 8.72. The minimum absolute atomic E-state index is 0.331. The van der Waals surface area contributed by atoms with Crippen LogP contribution in [-0.2, 0) is 4.74 Å². The Morgan fingerprint density at radius 3 is 2.61 bits per heavy atom. The van der Waals surface area contributed by atoms with Crippen molar-refractivity contribution in [2.75, 3.05) is 12.3 Å². The molecule has 92 valence electrons. The van der Waals surface area contributed by atoms with Crippen molar-refractivity contribution in [3.63, 3.8) is 0 Å². The molecule has 0 fully saturated rings. The van der Waals surface area contributed by atoms with Gasteiger partial charge in [0.2, 0.25) is 0 Å². The van der Waals surface area contributed by atoms with Crippen LogP contribution in [0.25, 0.3) is 11.3 Å². The van der Waals surface area contributed by atoms with Crippen LogP contribution < -0.4 is 5.73 Å². The minimum atomic E-state index is -0.385. The van der Waals surface area contributed by atoms with Crippen LogP contribution in [0.5, 0.6) is 0 Å². The fourth-order valence-electron chi connectivity index (χ4n) is 1.66. The second-order valence-corrected chi connectivity index (χ2v) is 3.72. The number of nitrogens with two attached hydrogens (primary N) is 1. The average molecular weight is 242 g/mol. The Hall–Kier alpha value is -2.36. The van der Waals surface area contributed by atoms with E-state index in [1.54, 1.807) is 19.1 Å². The summed E-state index contributed by atoms with van der Waals surface area (Å²) in [7, 11) is 0. The summed E-state index contributed by atoms with van der Waals surface area (Å²) in [4.78, 5) is 16.1. The molecule has 4 heteroatoms. The molecule has 0 saturated carbocycles. The molecule has 0 aliphatic carbocycles. The third kappa shape index (κ3) is 2.48. The van der Waals surface area contributed by atoms with Gasteiger partial charge in [-0.15, -0.1) is 0 Å². The molecule has 4 nitrogen and oxygen atoms in total. The van der Waals surface area contributed by atoms with E-state index >= 15 is 0 Å².